The normalized spacial score (nSPS) is 11.7. The summed E-state index contributed by atoms with van der Waals surface area (Å²) in [6, 6.07) is 26.8. The molecule has 0 heterocycles. The Labute approximate surface area is 253 Å². The summed E-state index contributed by atoms with van der Waals surface area (Å²) in [6.45, 7) is 5.83. The Morgan fingerprint density at radius 1 is 0.814 bits per heavy atom. The van der Waals surface area contributed by atoms with Crippen LogP contribution in [0.3, 0.4) is 0 Å². The fourth-order valence-electron chi connectivity index (χ4n) is 3.94. The van der Waals surface area contributed by atoms with Crippen molar-refractivity contribution in [3.63, 3.8) is 0 Å². The van der Waals surface area contributed by atoms with Crippen LogP contribution in [0.25, 0.3) is 6.08 Å². The van der Waals surface area contributed by atoms with Gasteiger partial charge in [-0.2, -0.15) is 0 Å². The summed E-state index contributed by atoms with van der Waals surface area (Å²) < 4.78 is 0. The van der Waals surface area contributed by atoms with Crippen LogP contribution in [0.15, 0.2) is 108 Å². The molecule has 0 aliphatic heterocycles. The lowest BCUT2D eigenvalue weighted by atomic mass is 10.1. The van der Waals surface area contributed by atoms with Gasteiger partial charge < -0.3 is 16.0 Å². The number of amides is 3. The molecule has 0 fully saturated rings. The molecular formula is C33H30N4O5S. The molecule has 0 saturated carbocycles. The van der Waals surface area contributed by atoms with Gasteiger partial charge in [0.25, 0.3) is 17.5 Å². The van der Waals surface area contributed by atoms with Crippen LogP contribution in [0.2, 0.25) is 0 Å². The minimum Gasteiger partial charge on any atom is -0.325 e. The van der Waals surface area contributed by atoms with Gasteiger partial charge in [0.1, 0.15) is 5.70 Å². The molecule has 4 rings (SSSR count). The maximum atomic E-state index is 13.3. The molecule has 0 radical (unpaired) electrons. The van der Waals surface area contributed by atoms with E-state index in [1.165, 1.54) is 42.1 Å². The van der Waals surface area contributed by atoms with Crippen LogP contribution in [0.5, 0.6) is 0 Å². The Balaban J connectivity index is 1.44. The molecule has 3 N–H and O–H groups in total. The fourth-order valence-corrected chi connectivity index (χ4v) is 4.80. The lowest BCUT2D eigenvalue weighted by molar-refractivity contribution is -0.384. The molecule has 0 spiro atoms. The summed E-state index contributed by atoms with van der Waals surface area (Å²) in [4.78, 5) is 50.2. The number of nitro benzene ring substituents is 1. The van der Waals surface area contributed by atoms with Crippen LogP contribution in [0.1, 0.15) is 34.0 Å². The first kappa shape index (κ1) is 30.7. The highest BCUT2D eigenvalue weighted by atomic mass is 32.2. The fraction of sp³-hybridized carbons (Fsp3) is 0.121. The second-order valence-corrected chi connectivity index (χ2v) is 11.2. The minimum atomic E-state index is -0.579. The molecular weight excluding hydrogens is 564 g/mol. The maximum absolute atomic E-state index is 13.3. The molecule has 1 unspecified atom stereocenters. The van der Waals surface area contributed by atoms with Gasteiger partial charge in [-0.25, -0.2) is 0 Å². The maximum Gasteiger partial charge on any atom is 0.272 e. The lowest BCUT2D eigenvalue weighted by Gasteiger charge is -2.14. The number of nitro groups is 1. The van der Waals surface area contributed by atoms with Gasteiger partial charge in [0.2, 0.25) is 5.91 Å². The zero-order valence-electron chi connectivity index (χ0n) is 23.8. The number of carbonyl (C=O) groups is 3. The molecule has 0 aliphatic carbocycles. The molecule has 0 aromatic heterocycles. The zero-order valence-corrected chi connectivity index (χ0v) is 24.6. The van der Waals surface area contributed by atoms with Crippen molar-refractivity contribution in [3.05, 3.63) is 135 Å². The first-order valence-electron chi connectivity index (χ1n) is 13.4. The first-order chi connectivity index (χ1) is 20.6. The number of carbonyl (C=O) groups excluding carboxylic acids is 3. The van der Waals surface area contributed by atoms with Gasteiger partial charge >= 0.3 is 0 Å². The van der Waals surface area contributed by atoms with Crippen molar-refractivity contribution in [2.45, 2.75) is 30.9 Å². The molecule has 9 nitrogen and oxygen atoms in total. The third-order valence-electron chi connectivity index (χ3n) is 6.51. The van der Waals surface area contributed by atoms with Crippen molar-refractivity contribution in [2.75, 3.05) is 10.6 Å². The van der Waals surface area contributed by atoms with E-state index in [4.69, 9.17) is 0 Å². The van der Waals surface area contributed by atoms with Crippen molar-refractivity contribution in [3.8, 4) is 0 Å². The SMILES string of the molecule is Cc1ccc(NC(=O)C(C)Sc2ccc(NC(=O)/C(=C/c3ccc([N+](=O)[O-])cc3)NC(=O)c3ccccc3)cc2)cc1C. The number of nitrogens with one attached hydrogen (secondary N) is 3. The highest BCUT2D eigenvalue weighted by molar-refractivity contribution is 8.00. The van der Waals surface area contributed by atoms with Crippen LogP contribution < -0.4 is 16.0 Å². The molecule has 0 saturated heterocycles. The summed E-state index contributed by atoms with van der Waals surface area (Å²) in [5.74, 6) is -1.19. The van der Waals surface area contributed by atoms with E-state index in [1.807, 2.05) is 39.0 Å². The van der Waals surface area contributed by atoms with Crippen LogP contribution in [0, 0.1) is 24.0 Å². The van der Waals surface area contributed by atoms with E-state index in [2.05, 4.69) is 16.0 Å². The van der Waals surface area contributed by atoms with Crippen molar-refractivity contribution in [1.82, 2.24) is 5.32 Å². The molecule has 10 heteroatoms. The third kappa shape index (κ3) is 8.64. The summed E-state index contributed by atoms with van der Waals surface area (Å²) in [5.41, 5.74) is 4.19. The number of nitrogens with zero attached hydrogens (tertiary/aromatic N) is 1. The van der Waals surface area contributed by atoms with Crippen molar-refractivity contribution < 1.29 is 19.3 Å². The quantitative estimate of drug-likeness (QED) is 0.0807. The Kier molecular flexibility index (Phi) is 10.1. The Morgan fingerprint density at radius 2 is 1.47 bits per heavy atom. The topological polar surface area (TPSA) is 130 Å². The van der Waals surface area contributed by atoms with Crippen LogP contribution in [-0.2, 0) is 9.59 Å². The zero-order chi connectivity index (χ0) is 30.9. The molecule has 0 bridgehead atoms. The van der Waals surface area contributed by atoms with Crippen LogP contribution in [0.4, 0.5) is 17.1 Å². The van der Waals surface area contributed by atoms with Gasteiger partial charge in [-0.1, -0.05) is 24.3 Å². The van der Waals surface area contributed by atoms with Gasteiger partial charge in [-0.15, -0.1) is 11.8 Å². The lowest BCUT2D eigenvalue weighted by Crippen LogP contribution is -2.30. The van der Waals surface area contributed by atoms with E-state index >= 15 is 0 Å². The number of hydrogen-bond donors (Lipinski definition) is 3. The predicted molar refractivity (Wildman–Crippen MR) is 170 cm³/mol. The number of benzene rings is 4. The third-order valence-corrected chi connectivity index (χ3v) is 7.62. The molecule has 43 heavy (non-hydrogen) atoms. The van der Waals surface area contributed by atoms with E-state index in [1.54, 1.807) is 54.6 Å². The van der Waals surface area contributed by atoms with E-state index in [0.717, 1.165) is 21.7 Å². The molecule has 3 amide bonds. The first-order valence-corrected chi connectivity index (χ1v) is 14.3. The average Bonchev–Trinajstić information content (AvgIpc) is 3.00. The smallest absolute Gasteiger partial charge is 0.272 e. The standard InChI is InChI=1S/C33H30N4O5S/c1-21-9-12-27(19-22(21)2)35-31(38)23(3)43-29-17-13-26(14-18-29)34-33(40)30(36-32(39)25-7-5-4-6-8-25)20-24-10-15-28(16-11-24)37(41)42/h4-20,23H,1-3H3,(H,34,40)(H,35,38)(H,36,39)/b30-20-. The highest BCUT2D eigenvalue weighted by Crippen LogP contribution is 2.26. The molecule has 4 aromatic carbocycles. The van der Waals surface area contributed by atoms with E-state index < -0.39 is 16.7 Å². The van der Waals surface area contributed by atoms with Gasteiger partial charge in [-0.05, 0) is 104 Å². The second kappa shape index (κ2) is 14.1. The number of anilines is 2. The van der Waals surface area contributed by atoms with E-state index in [9.17, 15) is 24.5 Å². The highest BCUT2D eigenvalue weighted by Gasteiger charge is 2.17. The Hall–Kier alpha value is -5.22. The number of rotatable bonds is 10. The van der Waals surface area contributed by atoms with Crippen LogP contribution in [-0.4, -0.2) is 27.9 Å². The Morgan fingerprint density at radius 3 is 2.09 bits per heavy atom. The summed E-state index contributed by atoms with van der Waals surface area (Å²) in [6.07, 6.45) is 1.44. The van der Waals surface area contributed by atoms with E-state index in [-0.39, 0.29) is 22.5 Å². The number of thioether (sulfide) groups is 1. The van der Waals surface area contributed by atoms with Gasteiger partial charge in [0, 0.05) is 34.0 Å². The van der Waals surface area contributed by atoms with Crippen LogP contribution >= 0.6 is 11.8 Å². The largest absolute Gasteiger partial charge is 0.325 e. The summed E-state index contributed by atoms with van der Waals surface area (Å²) in [7, 11) is 0. The van der Waals surface area contributed by atoms with Crippen molar-refractivity contribution in [1.29, 1.82) is 0 Å². The van der Waals surface area contributed by atoms with Crippen molar-refractivity contribution in [2.24, 2.45) is 0 Å². The van der Waals surface area contributed by atoms with Gasteiger partial charge in [0.05, 0.1) is 10.2 Å². The van der Waals surface area contributed by atoms with Gasteiger partial charge in [-0.3, -0.25) is 24.5 Å². The second-order valence-electron chi connectivity index (χ2n) is 9.75. The van der Waals surface area contributed by atoms with Crippen molar-refractivity contribution >= 4 is 52.6 Å². The monoisotopic (exact) mass is 594 g/mol. The van der Waals surface area contributed by atoms with E-state index in [0.29, 0.717) is 16.8 Å². The number of non-ortho nitro benzene ring substituents is 1. The number of hydrogen-bond acceptors (Lipinski definition) is 6. The summed E-state index contributed by atoms with van der Waals surface area (Å²) in [5, 5.41) is 19.0. The molecule has 4 aromatic rings. The molecule has 218 valence electrons. The van der Waals surface area contributed by atoms with Gasteiger partial charge in [0.15, 0.2) is 0 Å². The average molecular weight is 595 g/mol. The minimum absolute atomic E-state index is 0.0437. The molecule has 1 atom stereocenters. The number of aryl methyl sites for hydroxylation is 2. The molecule has 0 aliphatic rings. The summed E-state index contributed by atoms with van der Waals surface area (Å²) >= 11 is 1.38. The Bertz CT molecular complexity index is 1670. The predicted octanol–water partition coefficient (Wildman–Crippen LogP) is 6.74.